The van der Waals surface area contributed by atoms with E-state index in [0.717, 1.165) is 5.69 Å². The molecule has 6 nitrogen and oxygen atoms in total. The lowest BCUT2D eigenvalue weighted by Crippen LogP contribution is -2.76. The lowest BCUT2D eigenvalue weighted by Gasteiger charge is -2.57. The van der Waals surface area contributed by atoms with Gasteiger partial charge in [-0.3, -0.25) is 9.59 Å². The van der Waals surface area contributed by atoms with E-state index < -0.39 is 17.0 Å². The van der Waals surface area contributed by atoms with Crippen molar-refractivity contribution in [2.45, 2.75) is 51.3 Å². The Hall–Kier alpha value is -1.63. The van der Waals surface area contributed by atoms with Crippen LogP contribution < -0.4 is 16.0 Å². The Bertz CT molecular complexity index is 724. The second kappa shape index (κ2) is 6.83. The van der Waals surface area contributed by atoms with Crippen molar-refractivity contribution < 1.29 is 14.3 Å². The maximum Gasteiger partial charge on any atom is 0.249 e. The first-order valence-electron chi connectivity index (χ1n) is 8.99. The van der Waals surface area contributed by atoms with Crippen LogP contribution in [0.25, 0.3) is 0 Å². The van der Waals surface area contributed by atoms with Gasteiger partial charge in [0.05, 0.1) is 6.10 Å². The molecular weight excluding hydrogens is 354 g/mol. The van der Waals surface area contributed by atoms with Gasteiger partial charge in [-0.05, 0) is 31.5 Å². The average molecular weight is 380 g/mol. The number of rotatable bonds is 5. The van der Waals surface area contributed by atoms with Gasteiger partial charge >= 0.3 is 0 Å². The zero-order chi connectivity index (χ0) is 19.1. The molecule has 1 aromatic carbocycles. The number of nitrogens with zero attached hydrogens (tertiary/aromatic N) is 1. The van der Waals surface area contributed by atoms with Crippen molar-refractivity contribution in [2.75, 3.05) is 18.1 Å². The number of ether oxygens (including phenoxy) is 1. The quantitative estimate of drug-likeness (QED) is 0.820. The normalized spacial score (nSPS) is 30.2. The first-order valence-corrected chi connectivity index (χ1v) is 9.37. The molecule has 0 bridgehead atoms. The van der Waals surface area contributed by atoms with Gasteiger partial charge in [-0.1, -0.05) is 31.5 Å². The summed E-state index contributed by atoms with van der Waals surface area (Å²) in [6.07, 6.45) is 0.951. The van der Waals surface area contributed by atoms with E-state index in [-0.39, 0.29) is 17.9 Å². The zero-order valence-corrected chi connectivity index (χ0v) is 16.2. The fraction of sp³-hybridized carbons (Fsp3) is 0.579. The summed E-state index contributed by atoms with van der Waals surface area (Å²) in [6, 6.07) is 6.58. The minimum Gasteiger partial charge on any atom is -0.378 e. The number of halogens is 1. The second-order valence-electron chi connectivity index (χ2n) is 7.63. The Balaban J connectivity index is 1.67. The van der Waals surface area contributed by atoms with Crippen LogP contribution in [0, 0.1) is 5.41 Å². The molecule has 142 valence electrons. The van der Waals surface area contributed by atoms with Crippen molar-refractivity contribution >= 4 is 29.1 Å². The fourth-order valence-corrected chi connectivity index (χ4v) is 4.01. The summed E-state index contributed by atoms with van der Waals surface area (Å²) in [4.78, 5) is 27.2. The van der Waals surface area contributed by atoms with Crippen molar-refractivity contribution in [1.29, 1.82) is 0 Å². The van der Waals surface area contributed by atoms with Crippen molar-refractivity contribution in [3.05, 3.63) is 29.3 Å². The molecule has 1 saturated heterocycles. The topological polar surface area (TPSA) is 84.7 Å². The van der Waals surface area contributed by atoms with E-state index in [9.17, 15) is 9.59 Å². The maximum absolute atomic E-state index is 12.8. The number of nitrogens with two attached hydrogens (primary N) is 1. The third-order valence-electron chi connectivity index (χ3n) is 5.87. The molecule has 3 atom stereocenters. The van der Waals surface area contributed by atoms with Crippen LogP contribution >= 0.6 is 11.6 Å². The van der Waals surface area contributed by atoms with Gasteiger partial charge in [0.2, 0.25) is 11.8 Å². The summed E-state index contributed by atoms with van der Waals surface area (Å²) in [5.74, 6) is -0.424. The summed E-state index contributed by atoms with van der Waals surface area (Å²) < 4.78 is 5.67. The van der Waals surface area contributed by atoms with Gasteiger partial charge in [-0.2, -0.15) is 0 Å². The standard InChI is InChI=1S/C19H26ClN3O3/c1-4-26-15-11-19(21,18(15,2)3)17(25)22-14-8-9-23(16(14)24)13-7-5-6-12(20)10-13/h5-7,10,14-15H,4,8-9,11,21H2,1-3H3,(H,22,25). The molecule has 0 spiro atoms. The molecule has 0 radical (unpaired) electrons. The van der Waals surface area contributed by atoms with E-state index in [0.29, 0.717) is 31.0 Å². The SMILES string of the molecule is CCOC1CC(N)(C(=O)NC2CCN(c3cccc(Cl)c3)C2=O)C1(C)C. The molecule has 7 heteroatoms. The van der Waals surface area contributed by atoms with Gasteiger partial charge in [-0.15, -0.1) is 0 Å². The Morgan fingerprint density at radius 3 is 2.81 bits per heavy atom. The molecule has 1 aliphatic heterocycles. The lowest BCUT2D eigenvalue weighted by molar-refractivity contribution is -0.171. The van der Waals surface area contributed by atoms with Crippen LogP contribution in [0.5, 0.6) is 0 Å². The molecule has 2 aliphatic rings. The largest absolute Gasteiger partial charge is 0.378 e. The van der Waals surface area contributed by atoms with E-state index >= 15 is 0 Å². The third kappa shape index (κ3) is 3.00. The molecule has 0 aromatic heterocycles. The minimum atomic E-state index is -1.03. The number of carbonyl (C=O) groups is 2. The number of nitrogens with one attached hydrogen (secondary N) is 1. The molecule has 3 N–H and O–H groups in total. The van der Waals surface area contributed by atoms with Gasteiger partial charge in [-0.25, -0.2) is 0 Å². The van der Waals surface area contributed by atoms with Gasteiger partial charge in [0.1, 0.15) is 11.6 Å². The van der Waals surface area contributed by atoms with Crippen LogP contribution in [0.4, 0.5) is 5.69 Å². The Labute approximate surface area is 159 Å². The lowest BCUT2D eigenvalue weighted by atomic mass is 9.54. The average Bonchev–Trinajstić information content (AvgIpc) is 2.95. The van der Waals surface area contributed by atoms with Crippen molar-refractivity contribution in [2.24, 2.45) is 11.1 Å². The number of amides is 2. The molecule has 26 heavy (non-hydrogen) atoms. The highest BCUT2D eigenvalue weighted by molar-refractivity contribution is 6.31. The molecule has 2 fully saturated rings. The van der Waals surface area contributed by atoms with Crippen molar-refractivity contribution in [1.82, 2.24) is 5.32 Å². The smallest absolute Gasteiger partial charge is 0.249 e. The molecule has 3 unspecified atom stereocenters. The summed E-state index contributed by atoms with van der Waals surface area (Å²) in [6.45, 7) is 6.92. The highest BCUT2D eigenvalue weighted by Gasteiger charge is 2.63. The molecule has 1 aliphatic carbocycles. The maximum atomic E-state index is 12.8. The van der Waals surface area contributed by atoms with Crippen LogP contribution in [-0.4, -0.2) is 42.7 Å². The van der Waals surface area contributed by atoms with Crippen LogP contribution in [-0.2, 0) is 14.3 Å². The fourth-order valence-electron chi connectivity index (χ4n) is 3.82. The Kier molecular flexibility index (Phi) is 5.03. The Morgan fingerprint density at radius 1 is 1.46 bits per heavy atom. The number of hydrogen-bond acceptors (Lipinski definition) is 4. The van der Waals surface area contributed by atoms with Crippen LogP contribution in [0.1, 0.15) is 33.6 Å². The van der Waals surface area contributed by atoms with E-state index in [4.69, 9.17) is 22.1 Å². The summed E-state index contributed by atoms with van der Waals surface area (Å²) in [5.41, 5.74) is 5.62. The first-order chi connectivity index (χ1) is 12.2. The molecular formula is C19H26ClN3O3. The first kappa shape index (κ1) is 19.1. The van der Waals surface area contributed by atoms with Gasteiger partial charge < -0.3 is 20.7 Å². The third-order valence-corrected chi connectivity index (χ3v) is 6.10. The summed E-state index contributed by atoms with van der Waals surface area (Å²) in [5, 5.41) is 3.43. The predicted octanol–water partition coefficient (Wildman–Crippen LogP) is 2.09. The van der Waals surface area contributed by atoms with E-state index in [1.165, 1.54) is 0 Å². The number of carbonyl (C=O) groups excluding carboxylic acids is 2. The zero-order valence-electron chi connectivity index (χ0n) is 15.4. The molecule has 1 aromatic rings. The molecule has 1 heterocycles. The molecule has 3 rings (SSSR count). The minimum absolute atomic E-state index is 0.0505. The molecule has 1 saturated carbocycles. The predicted molar refractivity (Wildman–Crippen MR) is 101 cm³/mol. The van der Waals surface area contributed by atoms with Crippen LogP contribution in [0.15, 0.2) is 24.3 Å². The van der Waals surface area contributed by atoms with Gasteiger partial charge in [0.25, 0.3) is 0 Å². The highest BCUT2D eigenvalue weighted by Crippen LogP contribution is 2.50. The van der Waals surface area contributed by atoms with Crippen LogP contribution in [0.2, 0.25) is 5.02 Å². The molecule has 2 amide bonds. The second-order valence-corrected chi connectivity index (χ2v) is 8.06. The number of anilines is 1. The Morgan fingerprint density at radius 2 is 2.19 bits per heavy atom. The monoisotopic (exact) mass is 379 g/mol. The summed E-state index contributed by atoms with van der Waals surface area (Å²) >= 11 is 6.01. The van der Waals surface area contributed by atoms with E-state index in [1.807, 2.05) is 26.8 Å². The highest BCUT2D eigenvalue weighted by atomic mass is 35.5. The van der Waals surface area contributed by atoms with Gasteiger partial charge in [0, 0.05) is 35.7 Å². The van der Waals surface area contributed by atoms with Crippen molar-refractivity contribution in [3.8, 4) is 0 Å². The van der Waals surface area contributed by atoms with E-state index in [1.54, 1.807) is 23.1 Å². The van der Waals surface area contributed by atoms with Gasteiger partial charge in [0.15, 0.2) is 0 Å². The number of hydrogen-bond donors (Lipinski definition) is 2. The van der Waals surface area contributed by atoms with E-state index in [2.05, 4.69) is 5.32 Å². The van der Waals surface area contributed by atoms with Crippen LogP contribution in [0.3, 0.4) is 0 Å². The number of benzene rings is 1. The van der Waals surface area contributed by atoms with Crippen molar-refractivity contribution in [3.63, 3.8) is 0 Å². The summed E-state index contributed by atoms with van der Waals surface area (Å²) in [7, 11) is 0.